The molecular formula is C22H24O5. The van der Waals surface area contributed by atoms with E-state index >= 15 is 0 Å². The number of ether oxygens (including phenoxy) is 2. The molecule has 2 aromatic carbocycles. The molecule has 0 amide bonds. The van der Waals surface area contributed by atoms with Crippen LogP contribution in [0.5, 0.6) is 0 Å². The van der Waals surface area contributed by atoms with Crippen molar-refractivity contribution in [3.63, 3.8) is 0 Å². The van der Waals surface area contributed by atoms with Gasteiger partial charge in [0.25, 0.3) is 0 Å². The molecule has 0 N–H and O–H groups in total. The van der Waals surface area contributed by atoms with Crippen LogP contribution in [0.2, 0.25) is 0 Å². The Morgan fingerprint density at radius 2 is 1.63 bits per heavy atom. The number of Topliss-reactive ketones (excluding diaryl/α,β-unsaturated/α-hetero) is 1. The van der Waals surface area contributed by atoms with Crippen LogP contribution in [0, 0.1) is 11.8 Å². The van der Waals surface area contributed by atoms with Crippen LogP contribution < -0.4 is 0 Å². The summed E-state index contributed by atoms with van der Waals surface area (Å²) in [6, 6.07) is 13.5. The monoisotopic (exact) mass is 368 g/mol. The molecule has 0 saturated heterocycles. The van der Waals surface area contributed by atoms with Crippen LogP contribution in [-0.4, -0.2) is 31.9 Å². The third-order valence-corrected chi connectivity index (χ3v) is 5.49. The fourth-order valence-corrected chi connectivity index (χ4v) is 4.20. The number of benzene rings is 2. The van der Waals surface area contributed by atoms with Gasteiger partial charge in [-0.3, -0.25) is 14.4 Å². The summed E-state index contributed by atoms with van der Waals surface area (Å²) in [5, 5.41) is 1.93. The van der Waals surface area contributed by atoms with Crippen LogP contribution in [0.4, 0.5) is 0 Å². The summed E-state index contributed by atoms with van der Waals surface area (Å²) in [6.45, 7) is 0. The molecule has 2 atom stereocenters. The quantitative estimate of drug-likeness (QED) is 0.595. The standard InChI is InChI=1S/C22H24O5/c1-26-21(24)20(22(25)27-2)19(17-11-5-6-13-18(17)23)16-12-7-9-14-8-3-4-10-15(14)16/h3-4,7-10,12,17,19-20H,5-6,11,13H2,1-2H3/t17-,19+/m1/s1. The summed E-state index contributed by atoms with van der Waals surface area (Å²) in [4.78, 5) is 37.9. The maximum atomic E-state index is 12.8. The van der Waals surface area contributed by atoms with Crippen LogP contribution in [0.3, 0.4) is 0 Å². The Labute approximate surface area is 158 Å². The zero-order chi connectivity index (χ0) is 19.4. The van der Waals surface area contributed by atoms with Crippen molar-refractivity contribution in [2.75, 3.05) is 14.2 Å². The van der Waals surface area contributed by atoms with Gasteiger partial charge in [0.05, 0.1) is 14.2 Å². The molecule has 27 heavy (non-hydrogen) atoms. The molecule has 0 heterocycles. The second kappa shape index (κ2) is 8.33. The van der Waals surface area contributed by atoms with Crippen LogP contribution in [0.15, 0.2) is 42.5 Å². The van der Waals surface area contributed by atoms with E-state index in [0.717, 1.165) is 29.2 Å². The molecule has 0 spiro atoms. The van der Waals surface area contributed by atoms with Gasteiger partial charge in [-0.2, -0.15) is 0 Å². The maximum absolute atomic E-state index is 12.8. The minimum atomic E-state index is -1.17. The lowest BCUT2D eigenvalue weighted by Gasteiger charge is -2.33. The van der Waals surface area contributed by atoms with E-state index in [2.05, 4.69) is 0 Å². The zero-order valence-corrected chi connectivity index (χ0v) is 15.6. The SMILES string of the molecule is COC(=O)C(C(=O)OC)[C@@H](c1cccc2ccccc12)[C@@H]1CCCCC1=O. The van der Waals surface area contributed by atoms with Gasteiger partial charge in [0.15, 0.2) is 5.92 Å². The number of hydrogen-bond donors (Lipinski definition) is 0. The molecule has 5 nitrogen and oxygen atoms in total. The highest BCUT2D eigenvalue weighted by molar-refractivity contribution is 5.99. The number of esters is 2. The summed E-state index contributed by atoms with van der Waals surface area (Å²) in [6.07, 6.45) is 2.86. The van der Waals surface area contributed by atoms with Crippen molar-refractivity contribution < 1.29 is 23.9 Å². The third kappa shape index (κ3) is 3.72. The normalized spacial score (nSPS) is 18.3. The summed E-state index contributed by atoms with van der Waals surface area (Å²) in [7, 11) is 2.50. The van der Waals surface area contributed by atoms with Gasteiger partial charge >= 0.3 is 11.9 Å². The topological polar surface area (TPSA) is 69.7 Å². The maximum Gasteiger partial charge on any atom is 0.320 e. The minimum Gasteiger partial charge on any atom is -0.468 e. The van der Waals surface area contributed by atoms with Crippen molar-refractivity contribution in [2.45, 2.75) is 31.6 Å². The molecular weight excluding hydrogens is 344 g/mol. The molecule has 0 unspecified atom stereocenters. The molecule has 1 fully saturated rings. The first-order valence-electron chi connectivity index (χ1n) is 9.24. The van der Waals surface area contributed by atoms with Gasteiger partial charge < -0.3 is 9.47 Å². The fourth-order valence-electron chi connectivity index (χ4n) is 4.20. The lowest BCUT2D eigenvalue weighted by atomic mass is 9.69. The Hall–Kier alpha value is -2.69. The Morgan fingerprint density at radius 3 is 2.30 bits per heavy atom. The van der Waals surface area contributed by atoms with Gasteiger partial charge in [-0.25, -0.2) is 0 Å². The number of carbonyl (C=O) groups is 3. The smallest absolute Gasteiger partial charge is 0.320 e. The Morgan fingerprint density at radius 1 is 0.963 bits per heavy atom. The average molecular weight is 368 g/mol. The zero-order valence-electron chi connectivity index (χ0n) is 15.6. The Balaban J connectivity index is 2.21. The summed E-state index contributed by atoms with van der Waals surface area (Å²) in [5.74, 6) is -3.43. The molecule has 0 aliphatic heterocycles. The predicted octanol–water partition coefficient (Wildman–Crippen LogP) is 3.64. The number of rotatable bonds is 5. The molecule has 2 aromatic rings. The van der Waals surface area contributed by atoms with Gasteiger partial charge in [-0.05, 0) is 29.2 Å². The average Bonchev–Trinajstić information content (AvgIpc) is 2.71. The van der Waals surface area contributed by atoms with Crippen molar-refractivity contribution in [2.24, 2.45) is 11.8 Å². The molecule has 1 aliphatic rings. The molecule has 0 bridgehead atoms. The second-order valence-corrected chi connectivity index (χ2v) is 6.94. The Kier molecular flexibility index (Phi) is 5.89. The summed E-state index contributed by atoms with van der Waals surface area (Å²) in [5.41, 5.74) is 0.814. The first-order valence-corrected chi connectivity index (χ1v) is 9.24. The van der Waals surface area contributed by atoms with E-state index in [4.69, 9.17) is 9.47 Å². The molecule has 0 aromatic heterocycles. The van der Waals surface area contributed by atoms with E-state index in [-0.39, 0.29) is 5.78 Å². The second-order valence-electron chi connectivity index (χ2n) is 6.94. The summed E-state index contributed by atoms with van der Waals surface area (Å²) < 4.78 is 9.85. The van der Waals surface area contributed by atoms with Crippen LogP contribution in [-0.2, 0) is 23.9 Å². The van der Waals surface area contributed by atoms with Crippen molar-refractivity contribution in [1.82, 2.24) is 0 Å². The van der Waals surface area contributed by atoms with Gasteiger partial charge in [-0.15, -0.1) is 0 Å². The molecule has 5 heteroatoms. The van der Waals surface area contributed by atoms with Crippen LogP contribution in [0.1, 0.15) is 37.2 Å². The molecule has 0 radical (unpaired) electrons. The number of carbonyl (C=O) groups excluding carboxylic acids is 3. The molecule has 142 valence electrons. The first kappa shape index (κ1) is 19.1. The fraction of sp³-hybridized carbons (Fsp3) is 0.409. The van der Waals surface area contributed by atoms with E-state index in [1.54, 1.807) is 0 Å². The van der Waals surface area contributed by atoms with E-state index in [1.165, 1.54) is 14.2 Å². The van der Waals surface area contributed by atoms with Crippen LogP contribution in [0.25, 0.3) is 10.8 Å². The molecule has 1 saturated carbocycles. The lowest BCUT2D eigenvalue weighted by Crippen LogP contribution is -2.39. The van der Waals surface area contributed by atoms with Gasteiger partial charge in [-0.1, -0.05) is 48.9 Å². The van der Waals surface area contributed by atoms with E-state index < -0.39 is 29.7 Å². The number of ketones is 1. The largest absolute Gasteiger partial charge is 0.468 e. The minimum absolute atomic E-state index is 0.0944. The van der Waals surface area contributed by atoms with E-state index in [0.29, 0.717) is 12.8 Å². The number of fused-ring (bicyclic) bond motifs is 1. The van der Waals surface area contributed by atoms with E-state index in [1.807, 2.05) is 42.5 Å². The number of hydrogen-bond acceptors (Lipinski definition) is 5. The molecule has 1 aliphatic carbocycles. The van der Waals surface area contributed by atoms with Crippen molar-refractivity contribution in [3.05, 3.63) is 48.0 Å². The number of methoxy groups -OCH3 is 2. The highest BCUT2D eigenvalue weighted by Gasteiger charge is 2.45. The molecule has 3 rings (SSSR count). The first-order chi connectivity index (χ1) is 13.1. The van der Waals surface area contributed by atoms with Crippen LogP contribution >= 0.6 is 0 Å². The van der Waals surface area contributed by atoms with E-state index in [9.17, 15) is 14.4 Å². The lowest BCUT2D eigenvalue weighted by molar-refractivity contribution is -0.161. The predicted molar refractivity (Wildman–Crippen MR) is 101 cm³/mol. The van der Waals surface area contributed by atoms with Gasteiger partial charge in [0.2, 0.25) is 0 Å². The Bertz CT molecular complexity index is 835. The highest BCUT2D eigenvalue weighted by atomic mass is 16.5. The highest BCUT2D eigenvalue weighted by Crippen LogP contribution is 2.42. The summed E-state index contributed by atoms with van der Waals surface area (Å²) >= 11 is 0. The van der Waals surface area contributed by atoms with Crippen molar-refractivity contribution in [3.8, 4) is 0 Å². The van der Waals surface area contributed by atoms with Gasteiger partial charge in [0.1, 0.15) is 5.78 Å². The van der Waals surface area contributed by atoms with Crippen molar-refractivity contribution >= 4 is 28.5 Å². The van der Waals surface area contributed by atoms with Crippen molar-refractivity contribution in [1.29, 1.82) is 0 Å². The third-order valence-electron chi connectivity index (χ3n) is 5.49. The van der Waals surface area contributed by atoms with Gasteiger partial charge in [0, 0.05) is 18.3 Å².